The summed E-state index contributed by atoms with van der Waals surface area (Å²) in [5.41, 5.74) is 5.34. The van der Waals surface area contributed by atoms with E-state index in [0.717, 1.165) is 12.3 Å². The summed E-state index contributed by atoms with van der Waals surface area (Å²) in [4.78, 5) is 11.5. The fourth-order valence-corrected chi connectivity index (χ4v) is 2.52. The molecule has 1 aliphatic carbocycles. The Hall–Kier alpha value is -0.770. The molecule has 0 aromatic carbocycles. The molecule has 4 heteroatoms. The minimum absolute atomic E-state index is 0.340. The Morgan fingerprint density at radius 3 is 2.50 bits per heavy atom. The number of amides is 1. The largest absolute Gasteiger partial charge is 0.444 e. The summed E-state index contributed by atoms with van der Waals surface area (Å²) in [5, 5.41) is 2.82. The number of rotatable bonds is 5. The van der Waals surface area contributed by atoms with Gasteiger partial charge in [0, 0.05) is 6.54 Å². The summed E-state index contributed by atoms with van der Waals surface area (Å²) < 4.78 is 5.21. The predicted octanol–water partition coefficient (Wildman–Crippen LogP) is 2.67. The number of hydrogen-bond donors (Lipinski definition) is 2. The summed E-state index contributed by atoms with van der Waals surface area (Å²) in [6, 6.07) is 0. The summed E-state index contributed by atoms with van der Waals surface area (Å²) >= 11 is 0. The zero-order valence-electron chi connectivity index (χ0n) is 12.0. The molecule has 4 nitrogen and oxygen atoms in total. The van der Waals surface area contributed by atoms with Crippen LogP contribution in [0.25, 0.3) is 0 Å². The quantitative estimate of drug-likeness (QED) is 0.795. The number of hydrogen-bond acceptors (Lipinski definition) is 3. The van der Waals surface area contributed by atoms with E-state index in [1.165, 1.54) is 25.7 Å². The fourth-order valence-electron chi connectivity index (χ4n) is 2.52. The van der Waals surface area contributed by atoms with Crippen LogP contribution < -0.4 is 11.1 Å². The van der Waals surface area contributed by atoms with E-state index >= 15 is 0 Å². The summed E-state index contributed by atoms with van der Waals surface area (Å²) in [6.07, 6.45) is 6.13. The molecule has 1 aliphatic rings. The molecule has 0 heterocycles. The second-order valence-corrected chi connectivity index (χ2v) is 6.37. The van der Waals surface area contributed by atoms with Crippen LogP contribution in [0.5, 0.6) is 0 Å². The lowest BCUT2D eigenvalue weighted by Gasteiger charge is -2.22. The number of nitrogens with one attached hydrogen (secondary N) is 1. The van der Waals surface area contributed by atoms with E-state index in [1.807, 2.05) is 20.8 Å². The molecule has 1 atom stereocenters. The summed E-state index contributed by atoms with van der Waals surface area (Å²) in [6.45, 7) is 6.86. The first-order valence-corrected chi connectivity index (χ1v) is 7.07. The van der Waals surface area contributed by atoms with Gasteiger partial charge in [-0.3, -0.25) is 0 Å². The highest BCUT2D eigenvalue weighted by molar-refractivity contribution is 5.67. The summed E-state index contributed by atoms with van der Waals surface area (Å²) in [5.74, 6) is 1.18. The van der Waals surface area contributed by atoms with Gasteiger partial charge in [-0.15, -0.1) is 0 Å². The maximum atomic E-state index is 11.5. The van der Waals surface area contributed by atoms with E-state index in [0.29, 0.717) is 19.0 Å². The average molecular weight is 256 g/mol. The van der Waals surface area contributed by atoms with E-state index < -0.39 is 5.60 Å². The van der Waals surface area contributed by atoms with E-state index in [4.69, 9.17) is 10.5 Å². The molecule has 0 aromatic heterocycles. The molecule has 3 N–H and O–H groups in total. The Balaban J connectivity index is 2.23. The molecule has 18 heavy (non-hydrogen) atoms. The lowest BCUT2D eigenvalue weighted by Crippen LogP contribution is -2.37. The molecule has 1 fully saturated rings. The molecular formula is C14H28N2O2. The molecule has 1 amide bonds. The first-order valence-electron chi connectivity index (χ1n) is 7.07. The third kappa shape index (κ3) is 6.24. The second kappa shape index (κ2) is 6.98. The highest BCUT2D eigenvalue weighted by atomic mass is 16.6. The number of alkyl carbamates (subject to hydrolysis) is 1. The van der Waals surface area contributed by atoms with Crippen molar-refractivity contribution < 1.29 is 9.53 Å². The smallest absolute Gasteiger partial charge is 0.407 e. The molecule has 106 valence electrons. The standard InChI is InChI=1S/C14H28N2O2/c1-14(2,3)18-13(17)16-10-12(9-15)8-11-6-4-5-7-11/h11-12H,4-10,15H2,1-3H3,(H,16,17). The van der Waals surface area contributed by atoms with Gasteiger partial charge >= 0.3 is 6.09 Å². The van der Waals surface area contributed by atoms with Crippen molar-refractivity contribution in [1.82, 2.24) is 5.32 Å². The van der Waals surface area contributed by atoms with Crippen molar-refractivity contribution >= 4 is 6.09 Å². The van der Waals surface area contributed by atoms with Gasteiger partial charge in [0.15, 0.2) is 0 Å². The molecule has 0 spiro atoms. The number of nitrogens with two attached hydrogens (primary N) is 1. The molecule has 0 saturated heterocycles. The van der Waals surface area contributed by atoms with Crippen molar-refractivity contribution in [2.45, 2.75) is 58.5 Å². The zero-order chi connectivity index (χ0) is 13.6. The van der Waals surface area contributed by atoms with Gasteiger partial charge in [0.2, 0.25) is 0 Å². The fraction of sp³-hybridized carbons (Fsp3) is 0.929. The van der Waals surface area contributed by atoms with E-state index in [2.05, 4.69) is 5.32 Å². The van der Waals surface area contributed by atoms with Crippen molar-refractivity contribution in [2.75, 3.05) is 13.1 Å². The Morgan fingerprint density at radius 2 is 2.00 bits per heavy atom. The molecular weight excluding hydrogens is 228 g/mol. The molecule has 0 aromatic rings. The average Bonchev–Trinajstić information content (AvgIpc) is 2.74. The Morgan fingerprint density at radius 1 is 1.39 bits per heavy atom. The topological polar surface area (TPSA) is 64.3 Å². The molecule has 1 rings (SSSR count). The van der Waals surface area contributed by atoms with Gasteiger partial charge < -0.3 is 15.8 Å². The third-order valence-corrected chi connectivity index (χ3v) is 3.41. The van der Waals surface area contributed by atoms with Crippen molar-refractivity contribution in [3.63, 3.8) is 0 Å². The first-order chi connectivity index (χ1) is 8.40. The van der Waals surface area contributed by atoms with Crippen LogP contribution in [-0.4, -0.2) is 24.8 Å². The van der Waals surface area contributed by atoms with Gasteiger partial charge in [-0.1, -0.05) is 25.7 Å². The van der Waals surface area contributed by atoms with E-state index in [1.54, 1.807) is 0 Å². The monoisotopic (exact) mass is 256 g/mol. The Bertz CT molecular complexity index is 255. The van der Waals surface area contributed by atoms with Crippen molar-refractivity contribution in [2.24, 2.45) is 17.6 Å². The number of carbonyl (C=O) groups excluding carboxylic acids is 1. The highest BCUT2D eigenvalue weighted by Crippen LogP contribution is 2.29. The normalized spacial score (nSPS) is 18.7. The van der Waals surface area contributed by atoms with Crippen LogP contribution in [0.2, 0.25) is 0 Å². The van der Waals surface area contributed by atoms with Gasteiger partial charge in [-0.05, 0) is 45.6 Å². The molecule has 0 radical (unpaired) electrons. The van der Waals surface area contributed by atoms with Crippen molar-refractivity contribution in [1.29, 1.82) is 0 Å². The van der Waals surface area contributed by atoms with Crippen molar-refractivity contribution in [3.8, 4) is 0 Å². The van der Waals surface area contributed by atoms with Crippen LogP contribution in [0.3, 0.4) is 0 Å². The Kier molecular flexibility index (Phi) is 5.93. The van der Waals surface area contributed by atoms with E-state index in [-0.39, 0.29) is 6.09 Å². The predicted molar refractivity (Wildman–Crippen MR) is 73.4 cm³/mol. The van der Waals surface area contributed by atoms with Crippen LogP contribution in [0, 0.1) is 11.8 Å². The van der Waals surface area contributed by atoms with Crippen LogP contribution >= 0.6 is 0 Å². The lowest BCUT2D eigenvalue weighted by molar-refractivity contribution is 0.0517. The van der Waals surface area contributed by atoms with E-state index in [9.17, 15) is 4.79 Å². The van der Waals surface area contributed by atoms with Gasteiger partial charge in [0.1, 0.15) is 5.60 Å². The Labute approximate surface area is 111 Å². The van der Waals surface area contributed by atoms with Crippen LogP contribution in [-0.2, 0) is 4.74 Å². The highest BCUT2D eigenvalue weighted by Gasteiger charge is 2.21. The third-order valence-electron chi connectivity index (χ3n) is 3.41. The summed E-state index contributed by atoms with van der Waals surface area (Å²) in [7, 11) is 0. The number of ether oxygens (including phenoxy) is 1. The molecule has 0 aliphatic heterocycles. The lowest BCUT2D eigenvalue weighted by atomic mass is 9.93. The first kappa shape index (κ1) is 15.3. The molecule has 1 saturated carbocycles. The van der Waals surface area contributed by atoms with Crippen LogP contribution in [0.15, 0.2) is 0 Å². The molecule has 1 unspecified atom stereocenters. The van der Waals surface area contributed by atoms with Crippen LogP contribution in [0.1, 0.15) is 52.9 Å². The maximum Gasteiger partial charge on any atom is 0.407 e. The van der Waals surface area contributed by atoms with Gasteiger partial charge in [0.05, 0.1) is 0 Å². The second-order valence-electron chi connectivity index (χ2n) is 6.37. The van der Waals surface area contributed by atoms with Crippen molar-refractivity contribution in [3.05, 3.63) is 0 Å². The maximum absolute atomic E-state index is 11.5. The minimum Gasteiger partial charge on any atom is -0.444 e. The van der Waals surface area contributed by atoms with Crippen LogP contribution in [0.4, 0.5) is 4.79 Å². The van der Waals surface area contributed by atoms with Gasteiger partial charge in [-0.25, -0.2) is 4.79 Å². The van der Waals surface area contributed by atoms with Gasteiger partial charge in [0.25, 0.3) is 0 Å². The molecule has 0 bridgehead atoms. The SMILES string of the molecule is CC(C)(C)OC(=O)NCC(CN)CC1CCCC1. The van der Waals surface area contributed by atoms with Gasteiger partial charge in [-0.2, -0.15) is 0 Å². The zero-order valence-corrected chi connectivity index (χ0v) is 12.0. The minimum atomic E-state index is -0.437. The number of carbonyl (C=O) groups is 1.